The summed E-state index contributed by atoms with van der Waals surface area (Å²) in [5.74, 6) is -0.902. The Balaban J connectivity index is 1.95. The third-order valence-corrected chi connectivity index (χ3v) is 2.81. The molecule has 86 valence electrons. The number of amides is 1. The Kier molecular flexibility index (Phi) is 2.37. The Bertz CT molecular complexity index is 436. The second kappa shape index (κ2) is 3.58. The van der Waals surface area contributed by atoms with Crippen LogP contribution in [0.15, 0.2) is 6.33 Å². The summed E-state index contributed by atoms with van der Waals surface area (Å²) < 4.78 is 1.67. The van der Waals surface area contributed by atoms with E-state index in [0.717, 1.165) is 0 Å². The number of nitrogens with zero attached hydrogens (tertiary/aromatic N) is 3. The molecule has 0 aromatic carbocycles. The number of carboxylic acid groups (broad SMARTS) is 1. The maximum Gasteiger partial charge on any atom is 0.319 e. The number of aromatic nitrogens is 3. The maximum atomic E-state index is 11.6. The molecular formula is C9H12N4O3. The lowest BCUT2D eigenvalue weighted by molar-refractivity contribution is -0.149. The zero-order valence-electron chi connectivity index (χ0n) is 8.80. The maximum absolute atomic E-state index is 11.6. The van der Waals surface area contributed by atoms with Crippen LogP contribution >= 0.6 is 0 Å². The van der Waals surface area contributed by atoms with Gasteiger partial charge in [0, 0.05) is 7.05 Å². The quantitative estimate of drug-likeness (QED) is 0.659. The molecule has 1 saturated carbocycles. The van der Waals surface area contributed by atoms with Crippen LogP contribution in [-0.4, -0.2) is 31.7 Å². The zero-order valence-corrected chi connectivity index (χ0v) is 8.80. The molecule has 0 atom stereocenters. The third-order valence-electron chi connectivity index (χ3n) is 2.81. The molecule has 2 N–H and O–H groups in total. The fraction of sp³-hybridized carbons (Fsp3) is 0.556. The molecule has 1 amide bonds. The molecule has 7 nitrogen and oxygen atoms in total. The van der Waals surface area contributed by atoms with Gasteiger partial charge in [-0.2, -0.15) is 0 Å². The first kappa shape index (κ1) is 10.6. The lowest BCUT2D eigenvalue weighted by Crippen LogP contribution is -2.37. The van der Waals surface area contributed by atoms with Gasteiger partial charge in [-0.3, -0.25) is 9.59 Å². The third kappa shape index (κ3) is 1.64. The molecule has 16 heavy (non-hydrogen) atoms. The number of hydrogen-bond acceptors (Lipinski definition) is 4. The molecule has 0 spiro atoms. The van der Waals surface area contributed by atoms with Crippen molar-refractivity contribution in [3.8, 4) is 0 Å². The summed E-state index contributed by atoms with van der Waals surface area (Å²) in [6.07, 6.45) is 2.34. The van der Waals surface area contributed by atoms with Gasteiger partial charge in [0.05, 0.1) is 6.54 Å². The van der Waals surface area contributed by atoms with Crippen molar-refractivity contribution >= 4 is 11.9 Å². The van der Waals surface area contributed by atoms with Crippen molar-refractivity contribution in [3.63, 3.8) is 0 Å². The van der Waals surface area contributed by atoms with Crippen LogP contribution < -0.4 is 5.32 Å². The molecule has 0 aliphatic heterocycles. The summed E-state index contributed by atoms with van der Waals surface area (Å²) in [5, 5.41) is 18.9. The van der Waals surface area contributed by atoms with Gasteiger partial charge in [0.2, 0.25) is 5.91 Å². The summed E-state index contributed by atoms with van der Waals surface area (Å²) in [6.45, 7) is 0.199. The normalized spacial score (nSPS) is 16.8. The fourth-order valence-electron chi connectivity index (χ4n) is 1.46. The number of carboxylic acids is 1. The predicted molar refractivity (Wildman–Crippen MR) is 52.2 cm³/mol. The van der Waals surface area contributed by atoms with Gasteiger partial charge in [-0.25, -0.2) is 0 Å². The first-order chi connectivity index (χ1) is 7.56. The fourth-order valence-corrected chi connectivity index (χ4v) is 1.46. The van der Waals surface area contributed by atoms with Gasteiger partial charge in [-0.15, -0.1) is 10.2 Å². The van der Waals surface area contributed by atoms with Crippen molar-refractivity contribution in [1.82, 2.24) is 20.1 Å². The molecule has 2 rings (SSSR count). The molecule has 0 unspecified atom stereocenters. The van der Waals surface area contributed by atoms with Crippen LogP contribution in [-0.2, 0) is 23.2 Å². The smallest absolute Gasteiger partial charge is 0.319 e. The summed E-state index contributed by atoms with van der Waals surface area (Å²) in [6, 6.07) is 0. The van der Waals surface area contributed by atoms with Crippen LogP contribution in [0.3, 0.4) is 0 Å². The zero-order chi connectivity index (χ0) is 11.8. The topological polar surface area (TPSA) is 97.1 Å². The molecule has 0 bridgehead atoms. The van der Waals surface area contributed by atoms with Crippen molar-refractivity contribution in [2.45, 2.75) is 19.4 Å². The second-order valence-corrected chi connectivity index (χ2v) is 3.93. The average molecular weight is 224 g/mol. The van der Waals surface area contributed by atoms with Gasteiger partial charge in [-0.1, -0.05) is 0 Å². The monoisotopic (exact) mass is 224 g/mol. The minimum atomic E-state index is -1.20. The highest BCUT2D eigenvalue weighted by Crippen LogP contribution is 2.46. The predicted octanol–water partition coefficient (Wildman–Crippen LogP) is -0.704. The van der Waals surface area contributed by atoms with Gasteiger partial charge in [0.25, 0.3) is 0 Å². The van der Waals surface area contributed by atoms with E-state index >= 15 is 0 Å². The minimum absolute atomic E-state index is 0.199. The Labute approximate surface area is 91.5 Å². The number of rotatable bonds is 4. The van der Waals surface area contributed by atoms with Crippen LogP contribution in [0.25, 0.3) is 0 Å². The van der Waals surface area contributed by atoms with Crippen LogP contribution in [0.4, 0.5) is 0 Å². The van der Waals surface area contributed by atoms with Crippen molar-refractivity contribution in [2.24, 2.45) is 12.5 Å². The standard InChI is InChI=1S/C9H12N4O3/c1-13-5-11-12-6(13)4-10-7(14)9(2-3-9)8(15)16/h5H,2-4H2,1H3,(H,10,14)(H,15,16). The van der Waals surface area contributed by atoms with Gasteiger partial charge in [0.1, 0.15) is 11.7 Å². The number of carbonyl (C=O) groups excluding carboxylic acids is 1. The summed E-state index contributed by atoms with van der Waals surface area (Å²) >= 11 is 0. The Morgan fingerprint density at radius 2 is 2.31 bits per heavy atom. The van der Waals surface area contributed by atoms with E-state index in [9.17, 15) is 9.59 Å². The highest BCUT2D eigenvalue weighted by molar-refractivity contribution is 6.04. The number of hydrogen-bond donors (Lipinski definition) is 2. The van der Waals surface area contributed by atoms with E-state index in [4.69, 9.17) is 5.11 Å². The number of carbonyl (C=O) groups is 2. The molecular weight excluding hydrogens is 212 g/mol. The van der Waals surface area contributed by atoms with E-state index in [-0.39, 0.29) is 6.54 Å². The van der Waals surface area contributed by atoms with Crippen LogP contribution in [0, 0.1) is 5.41 Å². The molecule has 1 fully saturated rings. The van der Waals surface area contributed by atoms with Crippen molar-refractivity contribution < 1.29 is 14.7 Å². The molecule has 7 heteroatoms. The minimum Gasteiger partial charge on any atom is -0.480 e. The van der Waals surface area contributed by atoms with Gasteiger partial charge < -0.3 is 15.0 Å². The molecule has 1 aliphatic rings. The Hall–Kier alpha value is -1.92. The molecule has 0 saturated heterocycles. The van der Waals surface area contributed by atoms with Gasteiger partial charge in [0.15, 0.2) is 5.82 Å². The molecule has 1 aromatic heterocycles. The molecule has 1 aliphatic carbocycles. The van der Waals surface area contributed by atoms with Crippen LogP contribution in [0.2, 0.25) is 0 Å². The lowest BCUT2D eigenvalue weighted by atomic mass is 10.1. The number of aryl methyl sites for hydroxylation is 1. The highest BCUT2D eigenvalue weighted by Gasteiger charge is 2.56. The number of nitrogens with one attached hydrogen (secondary N) is 1. The average Bonchev–Trinajstić information content (AvgIpc) is 2.95. The molecule has 1 aromatic rings. The van der Waals surface area contributed by atoms with E-state index in [1.54, 1.807) is 11.6 Å². The number of aliphatic carboxylic acids is 1. The van der Waals surface area contributed by atoms with E-state index in [1.807, 2.05) is 0 Å². The van der Waals surface area contributed by atoms with E-state index in [1.165, 1.54) is 6.33 Å². The van der Waals surface area contributed by atoms with Crippen LogP contribution in [0.5, 0.6) is 0 Å². The van der Waals surface area contributed by atoms with Crippen LogP contribution in [0.1, 0.15) is 18.7 Å². The summed E-state index contributed by atoms with van der Waals surface area (Å²) in [7, 11) is 1.76. The van der Waals surface area contributed by atoms with Gasteiger partial charge >= 0.3 is 5.97 Å². The van der Waals surface area contributed by atoms with E-state index in [0.29, 0.717) is 18.7 Å². The highest BCUT2D eigenvalue weighted by atomic mass is 16.4. The molecule has 0 radical (unpaired) electrons. The van der Waals surface area contributed by atoms with Crippen molar-refractivity contribution in [2.75, 3.05) is 0 Å². The molecule has 1 heterocycles. The van der Waals surface area contributed by atoms with E-state index < -0.39 is 17.3 Å². The SMILES string of the molecule is Cn1cnnc1CNC(=O)C1(C(=O)O)CC1. The lowest BCUT2D eigenvalue weighted by Gasteiger charge is -2.09. The Morgan fingerprint density at radius 3 is 2.75 bits per heavy atom. The van der Waals surface area contributed by atoms with Gasteiger partial charge in [-0.05, 0) is 12.8 Å². The largest absolute Gasteiger partial charge is 0.480 e. The van der Waals surface area contributed by atoms with Crippen molar-refractivity contribution in [3.05, 3.63) is 12.2 Å². The van der Waals surface area contributed by atoms with E-state index in [2.05, 4.69) is 15.5 Å². The second-order valence-electron chi connectivity index (χ2n) is 3.93. The summed E-state index contributed by atoms with van der Waals surface area (Å²) in [5.41, 5.74) is -1.20. The first-order valence-electron chi connectivity index (χ1n) is 4.91. The van der Waals surface area contributed by atoms with Crippen molar-refractivity contribution in [1.29, 1.82) is 0 Å². The Morgan fingerprint density at radius 1 is 1.62 bits per heavy atom. The summed E-state index contributed by atoms with van der Waals surface area (Å²) in [4.78, 5) is 22.5. The first-order valence-corrected chi connectivity index (χ1v) is 4.91.